The van der Waals surface area contributed by atoms with Gasteiger partial charge in [0.15, 0.2) is 0 Å². The summed E-state index contributed by atoms with van der Waals surface area (Å²) in [7, 11) is -3.68. The Balaban J connectivity index is 2.45. The standard InChI is InChI=1S/C16H25N3O3S3/c1-4-19(5-2)16(23)24-12(3)15(20)18-11-10-13-6-8-14(9-7-13)25(17,21)22/h6-9,12H,4-5,10-11H2,1-3H3,(H,18,20)(H2,17,21,22)/t12-/m1/s1. The molecule has 0 aromatic heterocycles. The quantitative estimate of drug-likeness (QED) is 0.643. The molecule has 1 rings (SSSR count). The van der Waals surface area contributed by atoms with Crippen molar-refractivity contribution in [2.45, 2.75) is 37.3 Å². The molecule has 140 valence electrons. The van der Waals surface area contributed by atoms with Gasteiger partial charge < -0.3 is 10.2 Å². The SMILES string of the molecule is CCN(CC)C(=S)S[C@H](C)C(=O)NCCc1ccc(S(N)(=O)=O)cc1. The molecular weight excluding hydrogens is 378 g/mol. The Morgan fingerprint density at radius 3 is 2.32 bits per heavy atom. The third-order valence-corrected chi connectivity index (χ3v) is 6.14. The van der Waals surface area contributed by atoms with Gasteiger partial charge in [0.1, 0.15) is 4.32 Å². The number of hydrogen-bond donors (Lipinski definition) is 2. The van der Waals surface area contributed by atoms with E-state index in [-0.39, 0.29) is 16.1 Å². The lowest BCUT2D eigenvalue weighted by Crippen LogP contribution is -2.35. The first-order valence-corrected chi connectivity index (χ1v) is 10.9. The smallest absolute Gasteiger partial charge is 0.238 e. The Morgan fingerprint density at radius 2 is 1.84 bits per heavy atom. The van der Waals surface area contributed by atoms with E-state index in [0.29, 0.717) is 13.0 Å². The molecule has 3 N–H and O–H groups in total. The van der Waals surface area contributed by atoms with Gasteiger partial charge in [-0.1, -0.05) is 36.1 Å². The number of nitrogens with two attached hydrogens (primary N) is 1. The van der Waals surface area contributed by atoms with E-state index in [0.717, 1.165) is 23.0 Å². The number of carbonyl (C=O) groups is 1. The predicted octanol–water partition coefficient (Wildman–Crippen LogP) is 1.74. The molecule has 0 bridgehead atoms. The van der Waals surface area contributed by atoms with Crippen molar-refractivity contribution in [1.82, 2.24) is 10.2 Å². The minimum atomic E-state index is -3.68. The number of nitrogens with zero attached hydrogens (tertiary/aromatic N) is 1. The number of thiocarbonyl (C=S) groups is 1. The van der Waals surface area contributed by atoms with Gasteiger partial charge >= 0.3 is 0 Å². The van der Waals surface area contributed by atoms with Gasteiger partial charge in [0, 0.05) is 19.6 Å². The summed E-state index contributed by atoms with van der Waals surface area (Å²) in [6.45, 7) is 8.01. The van der Waals surface area contributed by atoms with Crippen molar-refractivity contribution in [3.8, 4) is 0 Å². The summed E-state index contributed by atoms with van der Waals surface area (Å²) in [5.41, 5.74) is 0.923. The average Bonchev–Trinajstić information content (AvgIpc) is 2.55. The van der Waals surface area contributed by atoms with Crippen molar-refractivity contribution in [3.05, 3.63) is 29.8 Å². The van der Waals surface area contributed by atoms with E-state index in [1.807, 2.05) is 25.7 Å². The molecule has 1 atom stereocenters. The van der Waals surface area contributed by atoms with Gasteiger partial charge in [-0.25, -0.2) is 13.6 Å². The second kappa shape index (κ2) is 10.1. The zero-order valence-corrected chi connectivity index (χ0v) is 17.1. The van der Waals surface area contributed by atoms with Gasteiger partial charge in [0.05, 0.1) is 10.1 Å². The summed E-state index contributed by atoms with van der Waals surface area (Å²) in [4.78, 5) is 14.3. The van der Waals surface area contributed by atoms with Crippen LogP contribution in [-0.2, 0) is 21.2 Å². The van der Waals surface area contributed by atoms with Crippen LogP contribution in [0.1, 0.15) is 26.3 Å². The van der Waals surface area contributed by atoms with Gasteiger partial charge in [0.25, 0.3) is 0 Å². The van der Waals surface area contributed by atoms with E-state index in [2.05, 4.69) is 5.32 Å². The lowest BCUT2D eigenvalue weighted by molar-refractivity contribution is -0.120. The van der Waals surface area contributed by atoms with E-state index in [4.69, 9.17) is 17.4 Å². The number of rotatable bonds is 8. The highest BCUT2D eigenvalue weighted by atomic mass is 32.2. The summed E-state index contributed by atoms with van der Waals surface area (Å²) >= 11 is 6.73. The molecule has 0 spiro atoms. The molecule has 0 aliphatic heterocycles. The summed E-state index contributed by atoms with van der Waals surface area (Å²) in [5, 5.41) is 7.67. The molecule has 0 aliphatic rings. The predicted molar refractivity (Wildman–Crippen MR) is 107 cm³/mol. The van der Waals surface area contributed by atoms with Crippen LogP contribution in [0, 0.1) is 0 Å². The fourth-order valence-electron chi connectivity index (χ4n) is 2.08. The highest BCUT2D eigenvalue weighted by Crippen LogP contribution is 2.16. The minimum Gasteiger partial charge on any atom is -0.358 e. The molecule has 25 heavy (non-hydrogen) atoms. The summed E-state index contributed by atoms with van der Waals surface area (Å²) in [6.07, 6.45) is 0.606. The monoisotopic (exact) mass is 403 g/mol. The van der Waals surface area contributed by atoms with E-state index in [1.165, 1.54) is 23.9 Å². The molecule has 0 unspecified atom stereocenters. The Hall–Kier alpha value is -1.16. The number of primary sulfonamides is 1. The van der Waals surface area contributed by atoms with Gasteiger partial charge in [0.2, 0.25) is 15.9 Å². The molecule has 1 aromatic carbocycles. The van der Waals surface area contributed by atoms with E-state index in [9.17, 15) is 13.2 Å². The van der Waals surface area contributed by atoms with Crippen LogP contribution in [0.4, 0.5) is 0 Å². The van der Waals surface area contributed by atoms with Crippen molar-refractivity contribution >= 4 is 44.2 Å². The van der Waals surface area contributed by atoms with E-state index < -0.39 is 10.0 Å². The fraction of sp³-hybridized carbons (Fsp3) is 0.500. The van der Waals surface area contributed by atoms with E-state index in [1.54, 1.807) is 12.1 Å². The molecule has 6 nitrogen and oxygen atoms in total. The molecule has 1 amide bonds. The first kappa shape index (κ1) is 21.9. The van der Waals surface area contributed by atoms with Crippen LogP contribution in [0.15, 0.2) is 29.2 Å². The van der Waals surface area contributed by atoms with Gasteiger partial charge in [-0.05, 0) is 44.9 Å². The molecule has 0 heterocycles. The highest BCUT2D eigenvalue weighted by Gasteiger charge is 2.17. The van der Waals surface area contributed by atoms with Crippen molar-refractivity contribution < 1.29 is 13.2 Å². The number of nitrogens with one attached hydrogen (secondary N) is 1. The fourth-order valence-corrected chi connectivity index (χ4v) is 4.19. The second-order valence-electron chi connectivity index (χ2n) is 5.43. The zero-order valence-electron chi connectivity index (χ0n) is 14.7. The molecule has 0 radical (unpaired) electrons. The third-order valence-electron chi connectivity index (χ3n) is 3.63. The average molecular weight is 404 g/mol. The Labute approximate surface area is 159 Å². The number of sulfonamides is 1. The zero-order chi connectivity index (χ0) is 19.0. The largest absolute Gasteiger partial charge is 0.358 e. The lowest BCUT2D eigenvalue weighted by atomic mass is 10.1. The Kier molecular flexibility index (Phi) is 8.84. The summed E-state index contributed by atoms with van der Waals surface area (Å²) in [5.74, 6) is -0.0688. The van der Waals surface area contributed by atoms with Crippen LogP contribution < -0.4 is 10.5 Å². The molecule has 0 aliphatic carbocycles. The lowest BCUT2D eigenvalue weighted by Gasteiger charge is -2.22. The van der Waals surface area contributed by atoms with E-state index >= 15 is 0 Å². The minimum absolute atomic E-state index is 0.0688. The molecule has 0 fully saturated rings. The van der Waals surface area contributed by atoms with Crippen LogP contribution in [0.3, 0.4) is 0 Å². The van der Waals surface area contributed by atoms with Gasteiger partial charge in [-0.2, -0.15) is 0 Å². The van der Waals surface area contributed by atoms with Crippen LogP contribution in [0.5, 0.6) is 0 Å². The Bertz CT molecular complexity index is 686. The van der Waals surface area contributed by atoms with Crippen molar-refractivity contribution in [2.75, 3.05) is 19.6 Å². The maximum absolute atomic E-state index is 12.1. The highest BCUT2D eigenvalue weighted by molar-refractivity contribution is 8.23. The van der Waals surface area contributed by atoms with Crippen molar-refractivity contribution in [1.29, 1.82) is 0 Å². The molecular formula is C16H25N3O3S3. The molecule has 0 saturated carbocycles. The summed E-state index contributed by atoms with van der Waals surface area (Å²) in [6, 6.07) is 6.32. The van der Waals surface area contributed by atoms with Crippen LogP contribution in [0.2, 0.25) is 0 Å². The Morgan fingerprint density at radius 1 is 1.28 bits per heavy atom. The third kappa shape index (κ3) is 7.31. The first-order chi connectivity index (χ1) is 11.7. The number of thioether (sulfide) groups is 1. The topological polar surface area (TPSA) is 92.5 Å². The first-order valence-electron chi connectivity index (χ1n) is 8.04. The van der Waals surface area contributed by atoms with Crippen molar-refractivity contribution in [2.24, 2.45) is 5.14 Å². The normalized spacial score (nSPS) is 12.5. The maximum Gasteiger partial charge on any atom is 0.238 e. The van der Waals surface area contributed by atoms with Crippen LogP contribution in [0.25, 0.3) is 0 Å². The molecule has 1 aromatic rings. The second-order valence-corrected chi connectivity index (χ2v) is 8.96. The number of hydrogen-bond acceptors (Lipinski definition) is 5. The number of benzene rings is 1. The molecule has 9 heteroatoms. The maximum atomic E-state index is 12.1. The number of carbonyl (C=O) groups excluding carboxylic acids is 1. The van der Waals surface area contributed by atoms with Gasteiger partial charge in [-0.15, -0.1) is 0 Å². The number of amides is 1. The summed E-state index contributed by atoms with van der Waals surface area (Å²) < 4.78 is 23.1. The van der Waals surface area contributed by atoms with Crippen LogP contribution >= 0.6 is 24.0 Å². The van der Waals surface area contributed by atoms with Gasteiger partial charge in [-0.3, -0.25) is 4.79 Å². The van der Waals surface area contributed by atoms with Crippen LogP contribution in [-0.4, -0.2) is 48.4 Å². The van der Waals surface area contributed by atoms with Crippen molar-refractivity contribution in [3.63, 3.8) is 0 Å². The molecule has 0 saturated heterocycles.